The van der Waals surface area contributed by atoms with Crippen LogP contribution >= 0.6 is 22.6 Å². The molecule has 1 aromatic carbocycles. The minimum atomic E-state index is -0.485. The van der Waals surface area contributed by atoms with Gasteiger partial charge in [0.1, 0.15) is 5.60 Å². The van der Waals surface area contributed by atoms with Crippen molar-refractivity contribution in [3.63, 3.8) is 0 Å². The van der Waals surface area contributed by atoms with E-state index in [1.54, 1.807) is 4.90 Å². The van der Waals surface area contributed by atoms with E-state index in [0.717, 1.165) is 5.69 Å². The van der Waals surface area contributed by atoms with E-state index in [0.29, 0.717) is 13.1 Å². The number of amides is 1. The molecule has 1 N–H and O–H groups in total. The number of carbonyl (C=O) groups is 1. The minimum absolute atomic E-state index is 0.272. The van der Waals surface area contributed by atoms with Crippen LogP contribution in [0.5, 0.6) is 0 Å². The number of halogens is 1. The second-order valence-electron chi connectivity index (χ2n) is 7.69. The molecule has 1 aromatic rings. The number of rotatable bonds is 4. The van der Waals surface area contributed by atoms with E-state index in [1.807, 2.05) is 41.5 Å². The van der Waals surface area contributed by atoms with E-state index in [1.165, 1.54) is 9.13 Å². The molecule has 0 saturated heterocycles. The highest BCUT2D eigenvalue weighted by Gasteiger charge is 2.30. The monoisotopic (exact) mass is 432 g/mol. The molecular weight excluding hydrogens is 403 g/mol. The number of anilines is 1. The molecule has 130 valence electrons. The number of nitrogens with one attached hydrogen (secondary N) is 1. The predicted molar refractivity (Wildman–Crippen MR) is 105 cm³/mol. The first kappa shape index (κ1) is 20.1. The number of hydrogen-bond donors (Lipinski definition) is 1. The molecule has 0 radical (unpaired) electrons. The van der Waals surface area contributed by atoms with Crippen LogP contribution < -0.4 is 5.32 Å². The first-order valence-electron chi connectivity index (χ1n) is 7.91. The van der Waals surface area contributed by atoms with Gasteiger partial charge in [0, 0.05) is 27.9 Å². The lowest BCUT2D eigenvalue weighted by Gasteiger charge is -2.37. The lowest BCUT2D eigenvalue weighted by molar-refractivity contribution is 0.00749. The summed E-state index contributed by atoms with van der Waals surface area (Å²) in [5, 5.41) is 3.41. The molecule has 1 rings (SSSR count). The molecule has 0 saturated carbocycles. The van der Waals surface area contributed by atoms with Gasteiger partial charge in [-0.3, -0.25) is 0 Å². The average Bonchev–Trinajstić information content (AvgIpc) is 2.32. The fourth-order valence-corrected chi connectivity index (χ4v) is 2.79. The van der Waals surface area contributed by atoms with Crippen LogP contribution in [-0.4, -0.2) is 35.2 Å². The van der Waals surface area contributed by atoms with Gasteiger partial charge in [-0.2, -0.15) is 0 Å². The van der Waals surface area contributed by atoms with Gasteiger partial charge >= 0.3 is 6.09 Å². The van der Waals surface area contributed by atoms with Gasteiger partial charge in [-0.15, -0.1) is 0 Å². The lowest BCUT2D eigenvalue weighted by Crippen LogP contribution is -2.49. The largest absolute Gasteiger partial charge is 0.444 e. The zero-order chi connectivity index (χ0) is 17.8. The number of nitrogens with zero attached hydrogens (tertiary/aromatic N) is 1. The Hall–Kier alpha value is -0.980. The zero-order valence-corrected chi connectivity index (χ0v) is 17.4. The molecule has 23 heavy (non-hydrogen) atoms. The van der Waals surface area contributed by atoms with Crippen LogP contribution in [-0.2, 0) is 4.74 Å². The van der Waals surface area contributed by atoms with Crippen molar-refractivity contribution in [1.29, 1.82) is 0 Å². The van der Waals surface area contributed by atoms with Crippen molar-refractivity contribution >= 4 is 34.4 Å². The number of ether oxygens (including phenoxy) is 1. The number of aryl methyl sites for hydroxylation is 1. The Kier molecular flexibility index (Phi) is 6.74. The third-order valence-corrected chi connectivity index (χ3v) is 3.93. The van der Waals surface area contributed by atoms with Gasteiger partial charge in [0.25, 0.3) is 0 Å². The van der Waals surface area contributed by atoms with Crippen LogP contribution in [0.2, 0.25) is 0 Å². The van der Waals surface area contributed by atoms with Crippen LogP contribution in [0, 0.1) is 10.5 Å². The van der Waals surface area contributed by atoms with Gasteiger partial charge in [-0.25, -0.2) is 4.79 Å². The molecule has 1 amide bonds. The van der Waals surface area contributed by atoms with Crippen LogP contribution in [0.4, 0.5) is 10.5 Å². The van der Waals surface area contributed by atoms with E-state index >= 15 is 0 Å². The van der Waals surface area contributed by atoms with Crippen molar-refractivity contribution in [2.45, 2.75) is 59.6 Å². The third-order valence-electron chi connectivity index (χ3n) is 3.26. The van der Waals surface area contributed by atoms with E-state index in [2.05, 4.69) is 53.0 Å². The molecule has 0 atom stereocenters. The van der Waals surface area contributed by atoms with Crippen LogP contribution in [0.3, 0.4) is 0 Å². The summed E-state index contributed by atoms with van der Waals surface area (Å²) in [4.78, 5) is 14.2. The fraction of sp³-hybridized carbons (Fsp3) is 0.611. The van der Waals surface area contributed by atoms with Gasteiger partial charge in [0.15, 0.2) is 0 Å². The van der Waals surface area contributed by atoms with E-state index in [4.69, 9.17) is 4.74 Å². The Bertz CT molecular complexity index is 545. The third kappa shape index (κ3) is 6.97. The van der Waals surface area contributed by atoms with Gasteiger partial charge in [0.2, 0.25) is 0 Å². The fourth-order valence-electron chi connectivity index (χ4n) is 2.15. The quantitative estimate of drug-likeness (QED) is 0.678. The SMILES string of the molecule is Cc1cc(I)ccc1NCCN(C(=O)OC(C)(C)C)C(C)(C)C. The van der Waals surface area contributed by atoms with E-state index in [-0.39, 0.29) is 11.6 Å². The van der Waals surface area contributed by atoms with Crippen molar-refractivity contribution in [2.24, 2.45) is 0 Å². The van der Waals surface area contributed by atoms with E-state index in [9.17, 15) is 4.79 Å². The Morgan fingerprint density at radius 3 is 2.30 bits per heavy atom. The molecule has 0 fully saturated rings. The maximum absolute atomic E-state index is 12.4. The van der Waals surface area contributed by atoms with Crippen LogP contribution in [0.1, 0.15) is 47.1 Å². The van der Waals surface area contributed by atoms with Crippen molar-refractivity contribution in [3.8, 4) is 0 Å². The average molecular weight is 432 g/mol. The maximum atomic E-state index is 12.4. The molecule has 0 bridgehead atoms. The summed E-state index contributed by atoms with van der Waals surface area (Å²) >= 11 is 2.30. The Morgan fingerprint density at radius 2 is 1.83 bits per heavy atom. The normalized spacial score (nSPS) is 12.0. The number of benzene rings is 1. The lowest BCUT2D eigenvalue weighted by atomic mass is 10.1. The van der Waals surface area contributed by atoms with E-state index < -0.39 is 5.60 Å². The first-order valence-corrected chi connectivity index (χ1v) is 8.99. The summed E-state index contributed by atoms with van der Waals surface area (Å²) < 4.78 is 6.75. The Balaban J connectivity index is 2.70. The summed E-state index contributed by atoms with van der Waals surface area (Å²) in [7, 11) is 0. The molecular formula is C18H29IN2O2. The minimum Gasteiger partial charge on any atom is -0.444 e. The summed E-state index contributed by atoms with van der Waals surface area (Å²) in [6, 6.07) is 6.29. The molecule has 0 aliphatic heterocycles. The van der Waals surface area contributed by atoms with Gasteiger partial charge in [0.05, 0.1) is 0 Å². The summed E-state index contributed by atoms with van der Waals surface area (Å²) in [5.74, 6) is 0. The first-order chi connectivity index (χ1) is 10.4. The molecule has 0 aliphatic carbocycles. The molecule has 5 heteroatoms. The topological polar surface area (TPSA) is 41.6 Å². The molecule has 0 spiro atoms. The molecule has 4 nitrogen and oxygen atoms in total. The van der Waals surface area contributed by atoms with Gasteiger partial charge in [-0.1, -0.05) is 0 Å². The highest BCUT2D eigenvalue weighted by Crippen LogP contribution is 2.20. The van der Waals surface area contributed by atoms with Crippen LogP contribution in [0.25, 0.3) is 0 Å². The van der Waals surface area contributed by atoms with Gasteiger partial charge in [-0.05, 0) is 94.8 Å². The standard InChI is InChI=1S/C18H29IN2O2/c1-13-12-14(19)8-9-15(13)20-10-11-21(17(2,3)4)16(22)23-18(5,6)7/h8-9,12,20H,10-11H2,1-7H3. The maximum Gasteiger partial charge on any atom is 0.410 e. The molecule has 0 heterocycles. The number of hydrogen-bond acceptors (Lipinski definition) is 3. The summed E-state index contributed by atoms with van der Waals surface area (Å²) in [6.07, 6.45) is -0.272. The zero-order valence-electron chi connectivity index (χ0n) is 15.3. The highest BCUT2D eigenvalue weighted by molar-refractivity contribution is 14.1. The smallest absolute Gasteiger partial charge is 0.410 e. The highest BCUT2D eigenvalue weighted by atomic mass is 127. The predicted octanol–water partition coefficient (Wildman–Crippen LogP) is 5.05. The summed E-state index contributed by atoms with van der Waals surface area (Å²) in [5.41, 5.74) is 1.53. The Morgan fingerprint density at radius 1 is 1.22 bits per heavy atom. The van der Waals surface area contributed by atoms with Gasteiger partial charge < -0.3 is 15.0 Å². The molecule has 0 unspecified atom stereocenters. The van der Waals surface area contributed by atoms with Crippen molar-refractivity contribution in [3.05, 3.63) is 27.3 Å². The molecule has 0 aliphatic rings. The van der Waals surface area contributed by atoms with Crippen LogP contribution in [0.15, 0.2) is 18.2 Å². The van der Waals surface area contributed by atoms with Crippen molar-refractivity contribution in [1.82, 2.24) is 4.90 Å². The number of carbonyl (C=O) groups excluding carboxylic acids is 1. The molecule has 0 aromatic heterocycles. The Labute approximate surface area is 154 Å². The van der Waals surface area contributed by atoms with Crippen molar-refractivity contribution < 1.29 is 9.53 Å². The van der Waals surface area contributed by atoms with Crippen molar-refractivity contribution in [2.75, 3.05) is 18.4 Å². The second kappa shape index (κ2) is 7.73. The second-order valence-corrected chi connectivity index (χ2v) is 8.93. The summed E-state index contributed by atoms with van der Waals surface area (Å²) in [6.45, 7) is 15.1.